The Labute approximate surface area is 159 Å². The van der Waals surface area contributed by atoms with Crippen molar-refractivity contribution in [2.45, 2.75) is 71.3 Å². The molecule has 0 bridgehead atoms. The van der Waals surface area contributed by atoms with Crippen molar-refractivity contribution in [2.24, 2.45) is 0 Å². The molecule has 0 N–H and O–H groups in total. The lowest BCUT2D eigenvalue weighted by molar-refractivity contribution is 0.00578. The molecule has 1 aliphatic rings. The summed E-state index contributed by atoms with van der Waals surface area (Å²) < 4.78 is 20.6. The van der Waals surface area contributed by atoms with Crippen LogP contribution >= 0.6 is 0 Å². The molecule has 4 nitrogen and oxygen atoms in total. The fourth-order valence-electron chi connectivity index (χ4n) is 3.08. The van der Waals surface area contributed by atoms with Crippen LogP contribution in [0.5, 0.6) is 0 Å². The molecular weight excluding hydrogens is 341 g/mol. The molecule has 0 amide bonds. The van der Waals surface area contributed by atoms with Gasteiger partial charge in [-0.2, -0.15) is 0 Å². The topological polar surface area (TPSA) is 32.6 Å². The summed E-state index contributed by atoms with van der Waals surface area (Å²) in [5, 5.41) is 1.17. The molecule has 0 aliphatic carbocycles. The Balaban J connectivity index is 1.77. The summed E-state index contributed by atoms with van der Waals surface area (Å²) >= 11 is 0. The first-order chi connectivity index (χ1) is 12.0. The highest BCUT2D eigenvalue weighted by Gasteiger charge is 2.52. The third kappa shape index (κ3) is 3.93. The molecule has 2 aromatic rings. The van der Waals surface area contributed by atoms with Gasteiger partial charge in [0.05, 0.1) is 11.2 Å². The van der Waals surface area contributed by atoms with E-state index in [9.17, 15) is 0 Å². The first-order valence-corrected chi connectivity index (χ1v) is 13.2. The fraction of sp³-hybridized carbons (Fsp3) is 0.600. The Morgan fingerprint density at radius 2 is 1.69 bits per heavy atom. The number of hydrogen-bond donors (Lipinski definition) is 0. The van der Waals surface area contributed by atoms with Crippen LogP contribution in [0.2, 0.25) is 25.7 Å². The molecule has 2 heterocycles. The van der Waals surface area contributed by atoms with Gasteiger partial charge in [0.25, 0.3) is 0 Å². The second kappa shape index (κ2) is 6.82. The Morgan fingerprint density at radius 1 is 1.04 bits per heavy atom. The second-order valence-corrected chi connectivity index (χ2v) is 15.1. The number of fused-ring (bicyclic) bond motifs is 1. The lowest BCUT2D eigenvalue weighted by Gasteiger charge is -2.32. The largest absolute Gasteiger partial charge is 0.495 e. The Kier molecular flexibility index (Phi) is 5.16. The summed E-state index contributed by atoms with van der Waals surface area (Å²) in [6.45, 7) is 16.9. The number of aromatic nitrogens is 1. The lowest BCUT2D eigenvalue weighted by Crippen LogP contribution is -2.41. The second-order valence-electron chi connectivity index (χ2n) is 9.50. The first-order valence-electron chi connectivity index (χ1n) is 9.51. The summed E-state index contributed by atoms with van der Waals surface area (Å²) in [6, 6.07) is 9.62. The van der Waals surface area contributed by atoms with Crippen LogP contribution in [-0.2, 0) is 20.8 Å². The van der Waals surface area contributed by atoms with Crippen molar-refractivity contribution in [3.8, 4) is 0 Å². The molecule has 3 rings (SSSR count). The minimum atomic E-state index is -1.05. The molecule has 1 aliphatic heterocycles. The van der Waals surface area contributed by atoms with Crippen molar-refractivity contribution in [3.63, 3.8) is 0 Å². The van der Waals surface area contributed by atoms with E-state index in [-0.39, 0.29) is 18.3 Å². The van der Waals surface area contributed by atoms with Gasteiger partial charge in [-0.25, -0.2) is 0 Å². The number of hydrogen-bond acceptors (Lipinski definition) is 3. The number of rotatable bonds is 6. The lowest BCUT2D eigenvalue weighted by atomic mass is 9.77. The molecule has 0 unspecified atom stereocenters. The molecular formula is C20H32BNO3Si. The summed E-state index contributed by atoms with van der Waals surface area (Å²) in [5.41, 5.74) is 1.58. The van der Waals surface area contributed by atoms with Gasteiger partial charge in [-0.3, -0.25) is 0 Å². The zero-order valence-electron chi connectivity index (χ0n) is 17.3. The Hall–Kier alpha value is -1.08. The summed E-state index contributed by atoms with van der Waals surface area (Å²) in [5.74, 6) is 0. The van der Waals surface area contributed by atoms with Gasteiger partial charge in [-0.05, 0) is 56.7 Å². The fourth-order valence-corrected chi connectivity index (χ4v) is 3.83. The van der Waals surface area contributed by atoms with Crippen LogP contribution in [0.15, 0.2) is 30.5 Å². The number of benzene rings is 1. The average molecular weight is 373 g/mol. The van der Waals surface area contributed by atoms with Crippen molar-refractivity contribution in [2.75, 3.05) is 6.61 Å². The van der Waals surface area contributed by atoms with Gasteiger partial charge >= 0.3 is 7.12 Å². The normalized spacial score (nSPS) is 19.4. The average Bonchev–Trinajstić information content (AvgIpc) is 3.01. The van der Waals surface area contributed by atoms with Crippen molar-refractivity contribution in [1.29, 1.82) is 0 Å². The molecule has 1 aromatic heterocycles. The van der Waals surface area contributed by atoms with Crippen molar-refractivity contribution >= 4 is 31.6 Å². The van der Waals surface area contributed by atoms with Gasteiger partial charge < -0.3 is 18.6 Å². The van der Waals surface area contributed by atoms with Crippen LogP contribution < -0.4 is 5.46 Å². The van der Waals surface area contributed by atoms with Crippen molar-refractivity contribution < 1.29 is 14.0 Å². The van der Waals surface area contributed by atoms with E-state index in [1.807, 2.05) is 0 Å². The summed E-state index contributed by atoms with van der Waals surface area (Å²) in [6.07, 6.45) is 2.09. The van der Waals surface area contributed by atoms with E-state index in [2.05, 4.69) is 82.4 Å². The summed E-state index contributed by atoms with van der Waals surface area (Å²) in [4.78, 5) is 0. The van der Waals surface area contributed by atoms with E-state index in [4.69, 9.17) is 14.0 Å². The number of nitrogens with zero attached hydrogens (tertiary/aromatic N) is 1. The van der Waals surface area contributed by atoms with Gasteiger partial charge in [0.1, 0.15) is 6.73 Å². The SMILES string of the molecule is CC1(C)OB(c2cccc3c2ccn3COCC[Si](C)(C)C)OC1(C)C. The van der Waals surface area contributed by atoms with Gasteiger partial charge in [0, 0.05) is 26.4 Å². The van der Waals surface area contributed by atoms with Crippen molar-refractivity contribution in [1.82, 2.24) is 4.57 Å². The van der Waals surface area contributed by atoms with E-state index in [1.165, 1.54) is 11.4 Å². The zero-order chi connectivity index (χ0) is 19.2. The molecule has 1 fully saturated rings. The maximum Gasteiger partial charge on any atom is 0.495 e. The first kappa shape index (κ1) is 19.7. The maximum atomic E-state index is 6.25. The van der Waals surface area contributed by atoms with E-state index < -0.39 is 8.07 Å². The van der Waals surface area contributed by atoms with E-state index in [1.54, 1.807) is 0 Å². The highest BCUT2D eigenvalue weighted by Crippen LogP contribution is 2.37. The van der Waals surface area contributed by atoms with E-state index >= 15 is 0 Å². The minimum Gasteiger partial charge on any atom is -0.399 e. The van der Waals surface area contributed by atoms with Crippen LogP contribution in [0, 0.1) is 0 Å². The van der Waals surface area contributed by atoms with Crippen molar-refractivity contribution in [3.05, 3.63) is 30.5 Å². The minimum absolute atomic E-state index is 0.331. The molecule has 0 atom stereocenters. The predicted octanol–water partition coefficient (Wildman–Crippen LogP) is 4.25. The zero-order valence-corrected chi connectivity index (χ0v) is 18.3. The Morgan fingerprint density at radius 3 is 2.31 bits per heavy atom. The monoisotopic (exact) mass is 373 g/mol. The molecule has 1 saturated heterocycles. The predicted molar refractivity (Wildman–Crippen MR) is 112 cm³/mol. The maximum absolute atomic E-state index is 6.25. The Bertz CT molecular complexity index is 763. The van der Waals surface area contributed by atoms with Crippen LogP contribution in [0.1, 0.15) is 27.7 Å². The smallest absolute Gasteiger partial charge is 0.399 e. The van der Waals surface area contributed by atoms with Gasteiger partial charge in [0.15, 0.2) is 0 Å². The summed E-state index contributed by atoms with van der Waals surface area (Å²) in [7, 11) is -1.39. The van der Waals surface area contributed by atoms with Crippen LogP contribution in [0.4, 0.5) is 0 Å². The molecule has 0 spiro atoms. The molecule has 26 heavy (non-hydrogen) atoms. The highest BCUT2D eigenvalue weighted by atomic mass is 28.3. The molecule has 1 aromatic carbocycles. The van der Waals surface area contributed by atoms with Crippen LogP contribution in [-0.4, -0.2) is 37.6 Å². The highest BCUT2D eigenvalue weighted by molar-refractivity contribution is 6.76. The van der Waals surface area contributed by atoms with E-state index in [0.717, 1.165) is 17.6 Å². The van der Waals surface area contributed by atoms with Gasteiger partial charge in [-0.15, -0.1) is 0 Å². The number of ether oxygens (including phenoxy) is 1. The quantitative estimate of drug-likeness (QED) is 0.561. The standard InChI is InChI=1S/C20H32BNO3Si/c1-19(2)20(3,4)25-21(24-19)17-9-8-10-18-16(17)11-12-22(18)15-23-13-14-26(5,6)7/h8-12H,13-15H2,1-7H3. The molecule has 0 saturated carbocycles. The van der Waals surface area contributed by atoms with Gasteiger partial charge in [0.2, 0.25) is 0 Å². The molecule has 6 heteroatoms. The molecule has 142 valence electrons. The van der Waals surface area contributed by atoms with Crippen LogP contribution in [0.3, 0.4) is 0 Å². The van der Waals surface area contributed by atoms with Crippen LogP contribution in [0.25, 0.3) is 10.9 Å². The van der Waals surface area contributed by atoms with Gasteiger partial charge in [-0.1, -0.05) is 31.8 Å². The van der Waals surface area contributed by atoms with E-state index in [0.29, 0.717) is 6.73 Å². The molecule has 0 radical (unpaired) electrons. The third-order valence-electron chi connectivity index (χ3n) is 5.58. The third-order valence-corrected chi connectivity index (χ3v) is 7.29.